The van der Waals surface area contributed by atoms with E-state index in [1.807, 2.05) is 6.07 Å². The van der Waals surface area contributed by atoms with E-state index in [1.165, 1.54) is 19.1 Å². The minimum atomic E-state index is -4.12. The van der Waals surface area contributed by atoms with Crippen LogP contribution in [0.2, 0.25) is 0 Å². The zero-order valence-electron chi connectivity index (χ0n) is 19.3. The van der Waals surface area contributed by atoms with Crippen LogP contribution >= 0.6 is 0 Å². The molecule has 0 aliphatic carbocycles. The van der Waals surface area contributed by atoms with Gasteiger partial charge in [0.05, 0.1) is 4.90 Å². The fourth-order valence-corrected chi connectivity index (χ4v) is 6.42. The number of H-pyrrole nitrogens is 1. The molecule has 3 aromatic rings. The number of phenolic OH excluding ortho intramolecular Hbond substituents is 1. The molecule has 4 rings (SSSR count). The van der Waals surface area contributed by atoms with Crippen LogP contribution in [0, 0.1) is 20.8 Å². The summed E-state index contributed by atoms with van der Waals surface area (Å²) in [5.74, 6) is -1.20. The molecule has 178 valence electrons. The lowest BCUT2D eigenvalue weighted by atomic mass is 10.0. The number of primary amides is 1. The van der Waals surface area contributed by atoms with Crippen LogP contribution in [0.25, 0.3) is 0 Å². The highest BCUT2D eigenvalue weighted by atomic mass is 32.2. The Labute approximate surface area is 198 Å². The number of carbonyl (C=O) groups is 2. The first-order valence-corrected chi connectivity index (χ1v) is 12.4. The van der Waals surface area contributed by atoms with Crippen LogP contribution in [0.4, 0.5) is 0 Å². The molecule has 0 unspecified atom stereocenters. The number of amides is 2. The van der Waals surface area contributed by atoms with Crippen LogP contribution in [-0.4, -0.2) is 41.8 Å². The van der Waals surface area contributed by atoms with Gasteiger partial charge in [-0.05, 0) is 85.7 Å². The second-order valence-electron chi connectivity index (χ2n) is 8.80. The van der Waals surface area contributed by atoms with Gasteiger partial charge in [-0.3, -0.25) is 9.59 Å². The van der Waals surface area contributed by atoms with Gasteiger partial charge in [0, 0.05) is 13.1 Å². The lowest BCUT2D eigenvalue weighted by Gasteiger charge is -2.21. The molecular weight excluding hydrogens is 454 g/mol. The van der Waals surface area contributed by atoms with Gasteiger partial charge in [0.2, 0.25) is 9.84 Å². The van der Waals surface area contributed by atoms with Crippen molar-refractivity contribution in [2.24, 2.45) is 5.73 Å². The topological polar surface area (TPSA) is 134 Å². The van der Waals surface area contributed by atoms with E-state index in [9.17, 15) is 23.1 Å². The molecule has 2 heterocycles. The van der Waals surface area contributed by atoms with Gasteiger partial charge in [-0.1, -0.05) is 12.1 Å². The zero-order chi connectivity index (χ0) is 24.8. The van der Waals surface area contributed by atoms with E-state index in [1.54, 1.807) is 36.9 Å². The van der Waals surface area contributed by atoms with Crippen molar-refractivity contribution in [2.45, 2.75) is 49.9 Å². The molecule has 0 radical (unpaired) electrons. The van der Waals surface area contributed by atoms with E-state index < -0.39 is 21.7 Å². The molecule has 2 amide bonds. The molecule has 0 bridgehead atoms. The molecule has 0 saturated carbocycles. The maximum atomic E-state index is 13.6. The maximum absolute atomic E-state index is 13.6. The summed E-state index contributed by atoms with van der Waals surface area (Å²) in [6, 6.07) is 9.96. The molecule has 0 saturated heterocycles. The average molecular weight is 482 g/mol. The molecule has 9 heteroatoms. The van der Waals surface area contributed by atoms with E-state index in [0.717, 1.165) is 22.3 Å². The Morgan fingerprint density at radius 2 is 1.68 bits per heavy atom. The van der Waals surface area contributed by atoms with Crippen molar-refractivity contribution in [1.29, 1.82) is 0 Å². The molecule has 4 N–H and O–H groups in total. The van der Waals surface area contributed by atoms with Crippen molar-refractivity contribution >= 4 is 21.7 Å². The SMILES string of the molecule is Cc1cc(C)cc(S(=O)(=O)c2c(C(N)=O)[nH]c(C(=O)N3CCCc4cc(O)ccc4C3)c2C)c1. The minimum absolute atomic E-state index is 0.0268. The summed E-state index contributed by atoms with van der Waals surface area (Å²) in [6.07, 6.45) is 1.38. The Bertz CT molecular complexity index is 1400. The van der Waals surface area contributed by atoms with Gasteiger partial charge in [-0.25, -0.2) is 8.42 Å². The second kappa shape index (κ2) is 8.64. The summed E-state index contributed by atoms with van der Waals surface area (Å²) in [5.41, 5.74) is 8.81. The van der Waals surface area contributed by atoms with E-state index in [2.05, 4.69) is 4.98 Å². The number of hydrogen-bond acceptors (Lipinski definition) is 5. The maximum Gasteiger partial charge on any atom is 0.270 e. The fourth-order valence-electron chi connectivity index (χ4n) is 4.58. The molecule has 34 heavy (non-hydrogen) atoms. The Kier molecular flexibility index (Phi) is 5.99. The number of rotatable bonds is 4. The first-order valence-electron chi connectivity index (χ1n) is 10.9. The molecule has 1 aromatic heterocycles. The van der Waals surface area contributed by atoms with Gasteiger partial charge < -0.3 is 20.7 Å². The van der Waals surface area contributed by atoms with Crippen LogP contribution in [0.15, 0.2) is 46.2 Å². The normalized spacial score (nSPS) is 13.9. The Morgan fingerprint density at radius 1 is 1.00 bits per heavy atom. The van der Waals surface area contributed by atoms with Gasteiger partial charge in [0.15, 0.2) is 0 Å². The number of nitrogens with one attached hydrogen (secondary N) is 1. The quantitative estimate of drug-likeness (QED) is 0.526. The first kappa shape index (κ1) is 23.6. The third kappa shape index (κ3) is 4.19. The number of benzene rings is 2. The Balaban J connectivity index is 1.78. The van der Waals surface area contributed by atoms with E-state index >= 15 is 0 Å². The largest absolute Gasteiger partial charge is 0.508 e. The van der Waals surface area contributed by atoms with Gasteiger partial charge in [-0.2, -0.15) is 0 Å². The van der Waals surface area contributed by atoms with E-state index in [-0.39, 0.29) is 32.5 Å². The monoisotopic (exact) mass is 481 g/mol. The number of hydrogen-bond donors (Lipinski definition) is 3. The van der Waals surface area contributed by atoms with Crippen LogP contribution in [0.3, 0.4) is 0 Å². The number of carbonyl (C=O) groups excluding carboxylic acids is 2. The lowest BCUT2D eigenvalue weighted by molar-refractivity contribution is 0.0740. The molecule has 1 aliphatic heterocycles. The van der Waals surface area contributed by atoms with Crippen molar-refractivity contribution in [1.82, 2.24) is 9.88 Å². The van der Waals surface area contributed by atoms with Crippen molar-refractivity contribution in [3.63, 3.8) is 0 Å². The predicted molar refractivity (Wildman–Crippen MR) is 127 cm³/mol. The second-order valence-corrected chi connectivity index (χ2v) is 10.7. The Morgan fingerprint density at radius 3 is 2.32 bits per heavy atom. The average Bonchev–Trinajstić information content (AvgIpc) is 2.97. The fraction of sp³-hybridized carbons (Fsp3) is 0.280. The number of nitrogens with zero attached hydrogens (tertiary/aromatic N) is 1. The molecule has 8 nitrogen and oxygen atoms in total. The van der Waals surface area contributed by atoms with Gasteiger partial charge in [0.1, 0.15) is 22.0 Å². The van der Waals surface area contributed by atoms with E-state index in [4.69, 9.17) is 5.73 Å². The number of aromatic nitrogens is 1. The lowest BCUT2D eigenvalue weighted by Crippen LogP contribution is -2.31. The molecular formula is C25H27N3O5S. The molecule has 0 spiro atoms. The van der Waals surface area contributed by atoms with Crippen LogP contribution in [0.1, 0.15) is 55.2 Å². The number of aromatic hydroxyl groups is 1. The van der Waals surface area contributed by atoms with Crippen molar-refractivity contribution in [3.8, 4) is 5.75 Å². The molecule has 2 aromatic carbocycles. The Hall–Kier alpha value is -3.59. The first-order chi connectivity index (χ1) is 16.0. The smallest absolute Gasteiger partial charge is 0.270 e. The number of fused-ring (bicyclic) bond motifs is 1. The van der Waals surface area contributed by atoms with Crippen LogP contribution in [0.5, 0.6) is 5.75 Å². The van der Waals surface area contributed by atoms with Gasteiger partial charge in [0.25, 0.3) is 11.8 Å². The predicted octanol–water partition coefficient (Wildman–Crippen LogP) is 3.17. The summed E-state index contributed by atoms with van der Waals surface area (Å²) in [4.78, 5) is 29.8. The minimum Gasteiger partial charge on any atom is -0.508 e. The number of aromatic amines is 1. The third-order valence-corrected chi connectivity index (χ3v) is 8.04. The standard InChI is InChI=1S/C25H27N3O5S/c1-14-9-15(2)11-20(10-14)34(32,33)23-16(3)21(27-22(23)24(26)30)25(31)28-8-4-5-17-12-19(29)7-6-18(17)13-28/h6-7,9-12,27,29H,4-5,8,13H2,1-3H3,(H2,26,30). The summed E-state index contributed by atoms with van der Waals surface area (Å²) in [7, 11) is -4.12. The van der Waals surface area contributed by atoms with Crippen LogP contribution in [-0.2, 0) is 22.8 Å². The van der Waals surface area contributed by atoms with Crippen molar-refractivity contribution in [2.75, 3.05) is 6.54 Å². The van der Waals surface area contributed by atoms with Crippen LogP contribution < -0.4 is 5.73 Å². The molecule has 0 atom stereocenters. The summed E-state index contributed by atoms with van der Waals surface area (Å²) >= 11 is 0. The summed E-state index contributed by atoms with van der Waals surface area (Å²) in [6.45, 7) is 5.83. The highest BCUT2D eigenvalue weighted by molar-refractivity contribution is 7.91. The van der Waals surface area contributed by atoms with E-state index in [0.29, 0.717) is 25.9 Å². The number of sulfone groups is 1. The van der Waals surface area contributed by atoms with Gasteiger partial charge >= 0.3 is 0 Å². The number of phenols is 1. The highest BCUT2D eigenvalue weighted by Gasteiger charge is 2.33. The number of aryl methyl sites for hydroxylation is 3. The molecule has 1 aliphatic rings. The summed E-state index contributed by atoms with van der Waals surface area (Å²) in [5, 5.41) is 9.77. The summed E-state index contributed by atoms with van der Waals surface area (Å²) < 4.78 is 27.1. The van der Waals surface area contributed by atoms with Gasteiger partial charge in [-0.15, -0.1) is 0 Å². The number of nitrogens with two attached hydrogens (primary N) is 1. The third-order valence-electron chi connectivity index (χ3n) is 6.14. The van der Waals surface area contributed by atoms with Crippen molar-refractivity contribution in [3.05, 3.63) is 75.6 Å². The van der Waals surface area contributed by atoms with Crippen molar-refractivity contribution < 1.29 is 23.1 Å². The highest BCUT2D eigenvalue weighted by Crippen LogP contribution is 2.32. The zero-order valence-corrected chi connectivity index (χ0v) is 20.1. The molecule has 0 fully saturated rings.